The largest absolute Gasteiger partial charge is 0.573 e. The summed E-state index contributed by atoms with van der Waals surface area (Å²) < 4.78 is 97.0. The smallest absolute Gasteiger partial charge is 0.406 e. The Morgan fingerprint density at radius 2 is 1.76 bits per heavy atom. The number of ether oxygens (including phenoxy) is 1. The molecule has 202 valence electrons. The van der Waals surface area contributed by atoms with Crippen LogP contribution in [0.25, 0.3) is 0 Å². The molecule has 1 unspecified atom stereocenters. The first-order valence-corrected chi connectivity index (χ1v) is 11.3. The first-order valence-electron chi connectivity index (χ1n) is 10.9. The number of alkyl halides is 7. The van der Waals surface area contributed by atoms with Gasteiger partial charge in [-0.25, -0.2) is 17.6 Å². The number of hydrogen-bond acceptors (Lipinski definition) is 4. The molecule has 3 rings (SSSR count). The van der Waals surface area contributed by atoms with Crippen molar-refractivity contribution in [2.45, 2.75) is 62.1 Å². The molecule has 0 bridgehead atoms. The summed E-state index contributed by atoms with van der Waals surface area (Å²) in [5, 5.41) is 2.55. The maximum absolute atomic E-state index is 14.2. The van der Waals surface area contributed by atoms with Gasteiger partial charge in [0.1, 0.15) is 11.6 Å². The fourth-order valence-corrected chi connectivity index (χ4v) is 4.15. The highest BCUT2D eigenvalue weighted by Gasteiger charge is 2.48. The lowest BCUT2D eigenvalue weighted by molar-refractivity contribution is -0.274. The van der Waals surface area contributed by atoms with E-state index >= 15 is 0 Å². The average Bonchev–Trinajstić information content (AvgIpc) is 2.80. The minimum absolute atomic E-state index is 0.102. The van der Waals surface area contributed by atoms with Crippen molar-refractivity contribution in [3.63, 3.8) is 0 Å². The van der Waals surface area contributed by atoms with Gasteiger partial charge >= 0.3 is 6.36 Å². The molecule has 14 heteroatoms. The molecule has 6 nitrogen and oxygen atoms in total. The summed E-state index contributed by atoms with van der Waals surface area (Å²) in [6, 6.07) is 3.62. The van der Waals surface area contributed by atoms with Crippen LogP contribution >= 0.6 is 11.6 Å². The Labute approximate surface area is 211 Å². The zero-order valence-corrected chi connectivity index (χ0v) is 19.9. The third kappa shape index (κ3) is 6.82. The summed E-state index contributed by atoms with van der Waals surface area (Å²) in [7, 11) is 0. The molecule has 1 heterocycles. The van der Waals surface area contributed by atoms with Crippen molar-refractivity contribution in [2.75, 3.05) is 4.90 Å². The van der Waals surface area contributed by atoms with Gasteiger partial charge in [0.05, 0.1) is 6.20 Å². The lowest BCUT2D eigenvalue weighted by Crippen LogP contribution is -2.60. The minimum atomic E-state index is -5.02. The Morgan fingerprint density at radius 1 is 1.16 bits per heavy atom. The standard InChI is InChI=1S/C23H21ClF7N3O3/c1-21(13-10-14(25)12-32-11-13,20(36)33-15-6-8-22(27,28)9-7-15)34(19(35)18(24)26)16-2-4-17(5-3-16)37-23(29,30)31/h2-5,10-12,15,18H,6-9H2,1H3,(H,33,36)/t18-,21?/m0/s1. The van der Waals surface area contributed by atoms with Crippen LogP contribution in [0.3, 0.4) is 0 Å². The lowest BCUT2D eigenvalue weighted by Gasteiger charge is -2.41. The number of carbonyl (C=O) groups excluding carboxylic acids is 2. The van der Waals surface area contributed by atoms with Crippen LogP contribution in [0.15, 0.2) is 42.7 Å². The Balaban J connectivity index is 2.08. The van der Waals surface area contributed by atoms with E-state index in [4.69, 9.17) is 11.6 Å². The third-order valence-corrected chi connectivity index (χ3v) is 6.13. The number of nitrogens with zero attached hydrogens (tertiary/aromatic N) is 2. The molecule has 2 aromatic rings. The van der Waals surface area contributed by atoms with E-state index in [2.05, 4.69) is 15.0 Å². The summed E-state index contributed by atoms with van der Waals surface area (Å²) in [6.07, 6.45) is -4.40. The second-order valence-electron chi connectivity index (χ2n) is 8.58. The molecule has 0 aliphatic heterocycles. The van der Waals surface area contributed by atoms with Crippen molar-refractivity contribution >= 4 is 29.1 Å². The summed E-state index contributed by atoms with van der Waals surface area (Å²) in [5.41, 5.74) is -5.52. The Hall–Kier alpha value is -3.09. The second kappa shape index (κ2) is 10.7. The molecule has 37 heavy (non-hydrogen) atoms. The van der Waals surface area contributed by atoms with Crippen LogP contribution in [-0.2, 0) is 15.1 Å². The molecular weight excluding hydrogens is 535 g/mol. The van der Waals surface area contributed by atoms with Crippen LogP contribution in [0.5, 0.6) is 5.75 Å². The fourth-order valence-electron chi connectivity index (χ4n) is 4.05. The van der Waals surface area contributed by atoms with Crippen molar-refractivity contribution in [1.29, 1.82) is 0 Å². The molecule has 1 aliphatic carbocycles. The van der Waals surface area contributed by atoms with Gasteiger partial charge in [-0.15, -0.1) is 13.2 Å². The second-order valence-corrected chi connectivity index (χ2v) is 8.97. The number of halogens is 8. The zero-order chi connectivity index (χ0) is 27.6. The lowest BCUT2D eigenvalue weighted by atomic mass is 9.87. The maximum Gasteiger partial charge on any atom is 0.573 e. The van der Waals surface area contributed by atoms with Crippen LogP contribution in [0, 0.1) is 5.82 Å². The first-order chi connectivity index (χ1) is 17.1. The third-order valence-electron chi connectivity index (χ3n) is 5.94. The Kier molecular flexibility index (Phi) is 8.25. The van der Waals surface area contributed by atoms with Gasteiger partial charge in [0.15, 0.2) is 5.54 Å². The van der Waals surface area contributed by atoms with E-state index in [0.717, 1.165) is 49.6 Å². The number of carbonyl (C=O) groups is 2. The van der Waals surface area contributed by atoms with Gasteiger partial charge in [-0.3, -0.25) is 19.5 Å². The number of anilines is 1. The van der Waals surface area contributed by atoms with Gasteiger partial charge in [0, 0.05) is 36.3 Å². The van der Waals surface area contributed by atoms with E-state index < -0.39 is 65.7 Å². The van der Waals surface area contributed by atoms with Crippen molar-refractivity contribution < 1.29 is 45.1 Å². The molecule has 1 saturated carbocycles. The van der Waals surface area contributed by atoms with Crippen LogP contribution in [0.1, 0.15) is 38.2 Å². The van der Waals surface area contributed by atoms with Crippen LogP contribution in [0.2, 0.25) is 0 Å². The molecule has 1 aliphatic rings. The van der Waals surface area contributed by atoms with Gasteiger partial charge in [0.25, 0.3) is 17.4 Å². The predicted molar refractivity (Wildman–Crippen MR) is 118 cm³/mol. The molecule has 1 aromatic carbocycles. The number of aromatic nitrogens is 1. The van der Waals surface area contributed by atoms with Crippen molar-refractivity contribution in [1.82, 2.24) is 10.3 Å². The predicted octanol–water partition coefficient (Wildman–Crippen LogP) is 5.60. The minimum Gasteiger partial charge on any atom is -0.406 e. The maximum atomic E-state index is 14.2. The fraction of sp³-hybridized carbons (Fsp3) is 0.435. The molecule has 0 radical (unpaired) electrons. The monoisotopic (exact) mass is 555 g/mol. The molecule has 2 atom stereocenters. The summed E-state index contributed by atoms with van der Waals surface area (Å²) >= 11 is 5.41. The van der Waals surface area contributed by atoms with E-state index in [1.807, 2.05) is 0 Å². The highest BCUT2D eigenvalue weighted by atomic mass is 35.5. The van der Waals surface area contributed by atoms with Crippen LogP contribution < -0.4 is 15.0 Å². The van der Waals surface area contributed by atoms with E-state index in [-0.39, 0.29) is 24.1 Å². The first kappa shape index (κ1) is 28.5. The molecule has 1 aromatic heterocycles. The van der Waals surface area contributed by atoms with Gasteiger partial charge in [-0.05, 0) is 50.1 Å². The number of rotatable bonds is 7. The normalized spacial score (nSPS) is 18.4. The Bertz CT molecular complexity index is 1120. The van der Waals surface area contributed by atoms with Crippen molar-refractivity contribution in [3.8, 4) is 5.75 Å². The topological polar surface area (TPSA) is 71.5 Å². The summed E-state index contributed by atoms with van der Waals surface area (Å²) in [5.74, 6) is -7.00. The summed E-state index contributed by atoms with van der Waals surface area (Å²) in [6.45, 7) is 1.12. The van der Waals surface area contributed by atoms with Crippen LogP contribution in [0.4, 0.5) is 36.4 Å². The van der Waals surface area contributed by atoms with Gasteiger partial charge in [-0.2, -0.15) is 0 Å². The van der Waals surface area contributed by atoms with E-state index in [1.54, 1.807) is 0 Å². The molecule has 2 amide bonds. The van der Waals surface area contributed by atoms with Crippen molar-refractivity contribution in [3.05, 3.63) is 54.1 Å². The molecule has 1 N–H and O–H groups in total. The van der Waals surface area contributed by atoms with E-state index in [1.165, 1.54) is 0 Å². The summed E-state index contributed by atoms with van der Waals surface area (Å²) in [4.78, 5) is 30.8. The number of nitrogens with one attached hydrogen (secondary N) is 1. The van der Waals surface area contributed by atoms with Crippen LogP contribution in [-0.4, -0.2) is 40.8 Å². The number of hydrogen-bond donors (Lipinski definition) is 1. The van der Waals surface area contributed by atoms with Crippen molar-refractivity contribution in [2.24, 2.45) is 0 Å². The highest BCUT2D eigenvalue weighted by Crippen LogP contribution is 2.38. The highest BCUT2D eigenvalue weighted by molar-refractivity contribution is 6.32. The van der Waals surface area contributed by atoms with E-state index in [0.29, 0.717) is 4.90 Å². The number of benzene rings is 1. The average molecular weight is 556 g/mol. The van der Waals surface area contributed by atoms with Gasteiger partial charge in [-0.1, -0.05) is 11.6 Å². The molecule has 1 fully saturated rings. The Morgan fingerprint density at radius 3 is 2.27 bits per heavy atom. The number of pyridine rings is 1. The van der Waals surface area contributed by atoms with E-state index in [9.17, 15) is 40.3 Å². The number of amides is 2. The quantitative estimate of drug-likeness (QED) is 0.357. The molecule has 0 spiro atoms. The van der Waals surface area contributed by atoms with Gasteiger partial charge < -0.3 is 10.1 Å². The molecule has 0 saturated heterocycles. The molecular formula is C23H21ClF7N3O3. The zero-order valence-electron chi connectivity index (χ0n) is 19.2. The van der Waals surface area contributed by atoms with Gasteiger partial charge in [0.2, 0.25) is 5.92 Å². The SMILES string of the molecule is CC(C(=O)NC1CCC(F)(F)CC1)(c1cncc(F)c1)N(C(=O)[C@H](F)Cl)c1ccc(OC(F)(F)F)cc1.